The maximum Gasteiger partial charge on any atom is 0.0588 e. The smallest absolute Gasteiger partial charge is 0.0588 e. The molecule has 0 amide bonds. The summed E-state index contributed by atoms with van der Waals surface area (Å²) in [6, 6.07) is 0. The first-order valence-electron chi connectivity index (χ1n) is 5.90. The summed E-state index contributed by atoms with van der Waals surface area (Å²) >= 11 is 0. The van der Waals surface area contributed by atoms with E-state index in [2.05, 4.69) is 6.92 Å². The van der Waals surface area contributed by atoms with Gasteiger partial charge in [0, 0.05) is 19.0 Å². The lowest BCUT2D eigenvalue weighted by Gasteiger charge is -2.16. The van der Waals surface area contributed by atoms with Gasteiger partial charge in [-0.2, -0.15) is 0 Å². The number of nitrogens with two attached hydrogens (primary N) is 2. The van der Waals surface area contributed by atoms with E-state index in [0.717, 1.165) is 19.6 Å². The van der Waals surface area contributed by atoms with Gasteiger partial charge >= 0.3 is 0 Å². The van der Waals surface area contributed by atoms with Gasteiger partial charge in [0.15, 0.2) is 0 Å². The van der Waals surface area contributed by atoms with Crippen LogP contribution in [0.5, 0.6) is 0 Å². The van der Waals surface area contributed by atoms with E-state index in [1.165, 1.54) is 12.8 Å². The van der Waals surface area contributed by atoms with Crippen molar-refractivity contribution in [3.05, 3.63) is 0 Å². The highest BCUT2D eigenvalue weighted by Gasteiger charge is 2.08. The molecule has 0 atom stereocenters. The summed E-state index contributed by atoms with van der Waals surface area (Å²) in [4.78, 5) is 0. The summed E-state index contributed by atoms with van der Waals surface area (Å²) in [6.07, 6.45) is 3.60. The molecular weight excluding hydrogens is 192 g/mol. The average Bonchev–Trinajstić information content (AvgIpc) is 2.25. The SMILES string of the molecule is CCCCC(COCCN)COCCN. The van der Waals surface area contributed by atoms with Gasteiger partial charge in [0.1, 0.15) is 0 Å². The summed E-state index contributed by atoms with van der Waals surface area (Å²) in [7, 11) is 0. The summed E-state index contributed by atoms with van der Waals surface area (Å²) in [5.74, 6) is 0.489. The molecule has 4 heteroatoms. The highest BCUT2D eigenvalue weighted by atomic mass is 16.5. The van der Waals surface area contributed by atoms with Crippen LogP contribution in [0.1, 0.15) is 26.2 Å². The number of hydrogen-bond acceptors (Lipinski definition) is 4. The third-order valence-electron chi connectivity index (χ3n) is 2.20. The molecule has 4 nitrogen and oxygen atoms in total. The zero-order valence-electron chi connectivity index (χ0n) is 9.91. The fraction of sp³-hybridized carbons (Fsp3) is 1.00. The quantitative estimate of drug-likeness (QED) is 0.502. The van der Waals surface area contributed by atoms with Crippen LogP contribution in [0.15, 0.2) is 0 Å². The van der Waals surface area contributed by atoms with Crippen LogP contribution in [0.25, 0.3) is 0 Å². The second-order valence-electron chi connectivity index (χ2n) is 3.74. The lowest BCUT2D eigenvalue weighted by Crippen LogP contribution is -2.21. The van der Waals surface area contributed by atoms with Gasteiger partial charge in [-0.3, -0.25) is 0 Å². The summed E-state index contributed by atoms with van der Waals surface area (Å²) in [5.41, 5.74) is 10.7. The Labute approximate surface area is 93.3 Å². The average molecular weight is 218 g/mol. The van der Waals surface area contributed by atoms with E-state index in [1.807, 2.05) is 0 Å². The Morgan fingerprint density at radius 1 is 1.00 bits per heavy atom. The van der Waals surface area contributed by atoms with Crippen LogP contribution in [0.4, 0.5) is 0 Å². The van der Waals surface area contributed by atoms with Gasteiger partial charge in [-0.1, -0.05) is 19.8 Å². The van der Waals surface area contributed by atoms with Crippen LogP contribution in [-0.4, -0.2) is 39.5 Å². The fourth-order valence-electron chi connectivity index (χ4n) is 1.37. The zero-order valence-corrected chi connectivity index (χ0v) is 9.91. The van der Waals surface area contributed by atoms with Crippen LogP contribution >= 0.6 is 0 Å². The predicted molar refractivity (Wildman–Crippen MR) is 62.8 cm³/mol. The van der Waals surface area contributed by atoms with Crippen LogP contribution < -0.4 is 11.5 Å². The molecule has 92 valence electrons. The summed E-state index contributed by atoms with van der Waals surface area (Å²) in [5, 5.41) is 0. The van der Waals surface area contributed by atoms with Crippen molar-refractivity contribution in [2.45, 2.75) is 26.2 Å². The molecule has 0 heterocycles. The molecular formula is C11H26N2O2. The van der Waals surface area contributed by atoms with Gasteiger partial charge in [-0.15, -0.1) is 0 Å². The Morgan fingerprint density at radius 2 is 1.53 bits per heavy atom. The van der Waals surface area contributed by atoms with E-state index >= 15 is 0 Å². The van der Waals surface area contributed by atoms with Gasteiger partial charge in [0.05, 0.1) is 26.4 Å². The number of hydrogen-bond donors (Lipinski definition) is 2. The standard InChI is InChI=1S/C11H26N2O2/c1-2-3-4-11(9-14-7-5-12)10-15-8-6-13/h11H,2-10,12-13H2,1H3. The molecule has 15 heavy (non-hydrogen) atoms. The lowest BCUT2D eigenvalue weighted by molar-refractivity contribution is 0.0402. The van der Waals surface area contributed by atoms with Gasteiger partial charge in [-0.25, -0.2) is 0 Å². The van der Waals surface area contributed by atoms with Gasteiger partial charge in [-0.05, 0) is 6.42 Å². The first kappa shape index (κ1) is 14.8. The molecule has 0 saturated carbocycles. The molecule has 0 aliphatic heterocycles. The van der Waals surface area contributed by atoms with Crippen molar-refractivity contribution in [3.63, 3.8) is 0 Å². The minimum atomic E-state index is 0.489. The van der Waals surface area contributed by atoms with Crippen LogP contribution in [0.3, 0.4) is 0 Å². The Kier molecular flexibility index (Phi) is 11.8. The molecule has 0 rings (SSSR count). The van der Waals surface area contributed by atoms with Gasteiger partial charge in [0.25, 0.3) is 0 Å². The van der Waals surface area contributed by atoms with Crippen molar-refractivity contribution in [2.75, 3.05) is 39.5 Å². The van der Waals surface area contributed by atoms with Crippen LogP contribution in [0, 0.1) is 5.92 Å². The molecule has 0 fully saturated rings. The van der Waals surface area contributed by atoms with Crippen molar-refractivity contribution in [1.82, 2.24) is 0 Å². The van der Waals surface area contributed by atoms with Gasteiger partial charge < -0.3 is 20.9 Å². The van der Waals surface area contributed by atoms with E-state index in [9.17, 15) is 0 Å². The van der Waals surface area contributed by atoms with Crippen LogP contribution in [0.2, 0.25) is 0 Å². The van der Waals surface area contributed by atoms with E-state index in [-0.39, 0.29) is 0 Å². The third kappa shape index (κ3) is 10.1. The Hall–Kier alpha value is -0.160. The topological polar surface area (TPSA) is 70.5 Å². The van der Waals surface area contributed by atoms with Crippen LogP contribution in [-0.2, 0) is 9.47 Å². The van der Waals surface area contributed by atoms with Gasteiger partial charge in [0.2, 0.25) is 0 Å². The van der Waals surface area contributed by atoms with Crippen molar-refractivity contribution < 1.29 is 9.47 Å². The number of ether oxygens (including phenoxy) is 2. The van der Waals surface area contributed by atoms with Crippen molar-refractivity contribution in [2.24, 2.45) is 17.4 Å². The molecule has 0 radical (unpaired) electrons. The first-order chi connectivity index (χ1) is 7.35. The fourth-order valence-corrected chi connectivity index (χ4v) is 1.37. The molecule has 0 aromatic carbocycles. The molecule has 4 N–H and O–H groups in total. The van der Waals surface area contributed by atoms with E-state index in [1.54, 1.807) is 0 Å². The molecule has 0 aromatic rings. The van der Waals surface area contributed by atoms with Crippen molar-refractivity contribution in [3.8, 4) is 0 Å². The van der Waals surface area contributed by atoms with E-state index < -0.39 is 0 Å². The molecule has 0 aliphatic carbocycles. The second-order valence-corrected chi connectivity index (χ2v) is 3.74. The Balaban J connectivity index is 3.53. The second kappa shape index (κ2) is 11.9. The van der Waals surface area contributed by atoms with Crippen molar-refractivity contribution in [1.29, 1.82) is 0 Å². The number of unbranched alkanes of at least 4 members (excludes halogenated alkanes) is 1. The third-order valence-corrected chi connectivity index (χ3v) is 2.20. The minimum Gasteiger partial charge on any atom is -0.380 e. The maximum absolute atomic E-state index is 5.44. The molecule has 0 unspecified atom stereocenters. The highest BCUT2D eigenvalue weighted by molar-refractivity contribution is 4.57. The molecule has 0 spiro atoms. The maximum atomic E-state index is 5.44. The Morgan fingerprint density at radius 3 is 1.93 bits per heavy atom. The van der Waals surface area contributed by atoms with E-state index in [0.29, 0.717) is 32.2 Å². The lowest BCUT2D eigenvalue weighted by atomic mass is 10.0. The van der Waals surface area contributed by atoms with Crippen molar-refractivity contribution >= 4 is 0 Å². The zero-order chi connectivity index (χ0) is 11.4. The largest absolute Gasteiger partial charge is 0.380 e. The first-order valence-corrected chi connectivity index (χ1v) is 5.90. The van der Waals surface area contributed by atoms with E-state index in [4.69, 9.17) is 20.9 Å². The molecule has 0 aromatic heterocycles. The highest BCUT2D eigenvalue weighted by Crippen LogP contribution is 2.09. The molecule has 0 aliphatic rings. The summed E-state index contributed by atoms with van der Waals surface area (Å²) < 4.78 is 10.9. The number of rotatable bonds is 11. The Bertz CT molecular complexity index is 113. The summed E-state index contributed by atoms with van der Waals surface area (Å²) in [6.45, 7) is 6.15. The predicted octanol–water partition coefficient (Wildman–Crippen LogP) is 0.743. The normalized spacial score (nSPS) is 11.2. The molecule has 0 bridgehead atoms. The molecule has 0 saturated heterocycles. The minimum absolute atomic E-state index is 0.489. The monoisotopic (exact) mass is 218 g/mol.